The molecule has 0 unspecified atom stereocenters. The zero-order valence-electron chi connectivity index (χ0n) is 17.3. The molecular weight excluding hydrogens is 384 g/mol. The molecule has 0 aromatic heterocycles. The molecule has 0 N–H and O–H groups in total. The van der Waals surface area contributed by atoms with E-state index in [-0.39, 0.29) is 23.0 Å². The number of epoxide rings is 1. The van der Waals surface area contributed by atoms with Gasteiger partial charge in [-0.15, -0.1) is 0 Å². The summed E-state index contributed by atoms with van der Waals surface area (Å²) in [7, 11) is 4.37. The fourth-order valence-electron chi connectivity index (χ4n) is 7.33. The highest BCUT2D eigenvalue weighted by Crippen LogP contribution is 2.86. The molecule has 3 saturated carbocycles. The highest BCUT2D eigenvalue weighted by Gasteiger charge is 2.94. The maximum Gasteiger partial charge on any atom is 0.335 e. The number of ether oxygens (including phenoxy) is 4. The van der Waals surface area contributed by atoms with Crippen LogP contribution in [0.25, 0.3) is 6.08 Å². The fourth-order valence-corrected chi connectivity index (χ4v) is 7.33. The van der Waals surface area contributed by atoms with E-state index < -0.39 is 11.9 Å². The lowest BCUT2D eigenvalue weighted by Gasteiger charge is -2.29. The van der Waals surface area contributed by atoms with E-state index in [2.05, 4.69) is 6.08 Å². The fraction of sp³-hybridized carbons (Fsp3) is 0.500. The van der Waals surface area contributed by atoms with Crippen molar-refractivity contribution in [2.24, 2.45) is 23.7 Å². The first kappa shape index (κ1) is 18.2. The molecule has 4 fully saturated rings. The van der Waals surface area contributed by atoms with Crippen molar-refractivity contribution in [3.05, 3.63) is 46.5 Å². The van der Waals surface area contributed by atoms with Crippen LogP contribution in [0.15, 0.2) is 41.0 Å². The van der Waals surface area contributed by atoms with E-state index in [0.717, 1.165) is 36.1 Å². The predicted molar refractivity (Wildman–Crippen MR) is 106 cm³/mol. The lowest BCUT2D eigenvalue weighted by atomic mass is 9.69. The van der Waals surface area contributed by atoms with Gasteiger partial charge >= 0.3 is 11.9 Å². The molecule has 0 spiro atoms. The van der Waals surface area contributed by atoms with E-state index >= 15 is 0 Å². The Balaban J connectivity index is 1.54. The van der Waals surface area contributed by atoms with Crippen LogP contribution in [0, 0.1) is 23.7 Å². The zero-order chi connectivity index (χ0) is 20.8. The maximum atomic E-state index is 12.9. The van der Waals surface area contributed by atoms with Crippen LogP contribution in [0.2, 0.25) is 0 Å². The van der Waals surface area contributed by atoms with Gasteiger partial charge in [0.2, 0.25) is 0 Å². The lowest BCUT2D eigenvalue weighted by Crippen LogP contribution is -2.42. The third-order valence-electron chi connectivity index (χ3n) is 8.20. The normalized spacial score (nSPS) is 40.4. The van der Waals surface area contributed by atoms with Gasteiger partial charge in [-0.25, -0.2) is 9.59 Å². The van der Waals surface area contributed by atoms with E-state index in [1.165, 1.54) is 14.2 Å². The molecule has 1 aromatic rings. The SMILES string of the molecule is COC(=O)C1=C(C(=O)OC)[C@H]2C(=Cc3ccc(OC)cc3)[C@H]1[C@@]13O[C@@]21[C@H]1CC[C@H]3C1. The van der Waals surface area contributed by atoms with Gasteiger partial charge in [-0.1, -0.05) is 18.2 Å². The van der Waals surface area contributed by atoms with Crippen molar-refractivity contribution in [1.29, 1.82) is 0 Å². The van der Waals surface area contributed by atoms with Gasteiger partial charge in [-0.05, 0) is 54.4 Å². The van der Waals surface area contributed by atoms with Gasteiger partial charge in [0.15, 0.2) is 0 Å². The number of benzene rings is 1. The summed E-state index contributed by atoms with van der Waals surface area (Å²) in [6.45, 7) is 0. The zero-order valence-corrected chi connectivity index (χ0v) is 17.3. The van der Waals surface area contributed by atoms with Gasteiger partial charge < -0.3 is 18.9 Å². The molecule has 1 saturated heterocycles. The van der Waals surface area contributed by atoms with Crippen molar-refractivity contribution in [2.45, 2.75) is 30.5 Å². The van der Waals surface area contributed by atoms with E-state index in [1.54, 1.807) is 7.11 Å². The molecule has 6 atom stereocenters. The van der Waals surface area contributed by atoms with Crippen molar-refractivity contribution >= 4 is 18.0 Å². The van der Waals surface area contributed by atoms with Gasteiger partial charge in [0.1, 0.15) is 17.0 Å². The van der Waals surface area contributed by atoms with Crippen LogP contribution in [0.3, 0.4) is 0 Å². The summed E-state index contributed by atoms with van der Waals surface area (Å²) < 4.78 is 22.1. The Hall–Kier alpha value is -2.60. The topological polar surface area (TPSA) is 74.4 Å². The quantitative estimate of drug-likeness (QED) is 0.563. The van der Waals surface area contributed by atoms with E-state index in [1.807, 2.05) is 24.3 Å². The molecule has 0 amide bonds. The number of fused-ring (bicyclic) bond motifs is 4. The minimum atomic E-state index is -0.454. The average Bonchev–Trinajstić information content (AvgIpc) is 3.06. The second-order valence-electron chi connectivity index (χ2n) is 8.99. The highest BCUT2D eigenvalue weighted by molar-refractivity contribution is 6.06. The number of hydrogen-bond donors (Lipinski definition) is 0. The third-order valence-corrected chi connectivity index (χ3v) is 8.20. The van der Waals surface area contributed by atoms with E-state index in [4.69, 9.17) is 18.9 Å². The Bertz CT molecular complexity index is 982. The van der Waals surface area contributed by atoms with Gasteiger partial charge in [0, 0.05) is 11.8 Å². The molecule has 0 radical (unpaired) electrons. The second-order valence-corrected chi connectivity index (χ2v) is 8.99. The summed E-state index contributed by atoms with van der Waals surface area (Å²) in [5, 5.41) is 0. The molecular formula is C24H24O6. The van der Waals surface area contributed by atoms with Crippen LogP contribution in [-0.4, -0.2) is 44.5 Å². The standard InChI is InChI=1S/C24H24O6/c1-27-15-8-4-12(5-9-15)10-16-19-17(21(25)28-2)18(22(26)29-3)20(16)24-14-7-6-13(11-14)23(19,24)30-24/h4-5,8-10,13-14,19-20H,6-7,11H2,1-3H3/t13-,14-,19+,20+,23-,24+/m0/s1. The number of esters is 2. The molecule has 30 heavy (non-hydrogen) atoms. The molecule has 156 valence electrons. The monoisotopic (exact) mass is 408 g/mol. The minimum absolute atomic E-state index is 0.249. The number of hydrogen-bond acceptors (Lipinski definition) is 6. The molecule has 4 bridgehead atoms. The second kappa shape index (κ2) is 5.76. The molecule has 1 aliphatic heterocycles. The first-order valence-electron chi connectivity index (χ1n) is 10.5. The third kappa shape index (κ3) is 1.81. The van der Waals surface area contributed by atoms with Crippen molar-refractivity contribution < 1.29 is 28.5 Å². The Kier molecular flexibility index (Phi) is 3.49. The molecule has 6 nitrogen and oxygen atoms in total. The van der Waals surface area contributed by atoms with Crippen LogP contribution in [0.4, 0.5) is 0 Å². The largest absolute Gasteiger partial charge is 0.497 e. The van der Waals surface area contributed by atoms with Gasteiger partial charge in [0.05, 0.1) is 32.5 Å². The van der Waals surface area contributed by atoms with Crippen LogP contribution in [0.5, 0.6) is 5.75 Å². The summed E-state index contributed by atoms with van der Waals surface area (Å²) in [5.41, 5.74) is 2.25. The molecule has 6 rings (SSSR count). The average molecular weight is 408 g/mol. The Morgan fingerprint density at radius 2 is 1.47 bits per heavy atom. The maximum absolute atomic E-state index is 12.9. The molecule has 5 aliphatic rings. The molecule has 1 aromatic carbocycles. The smallest absolute Gasteiger partial charge is 0.335 e. The Morgan fingerprint density at radius 1 is 0.933 bits per heavy atom. The van der Waals surface area contributed by atoms with Gasteiger partial charge in [0.25, 0.3) is 0 Å². The number of methoxy groups -OCH3 is 3. The summed E-state index contributed by atoms with van der Waals surface area (Å²) in [6, 6.07) is 7.81. The summed E-state index contributed by atoms with van der Waals surface area (Å²) in [5.74, 6) is 0.233. The lowest BCUT2D eigenvalue weighted by molar-refractivity contribution is -0.140. The first-order chi connectivity index (χ1) is 14.5. The first-order valence-corrected chi connectivity index (χ1v) is 10.5. The summed E-state index contributed by atoms with van der Waals surface area (Å²) in [6.07, 6.45) is 5.48. The number of carbonyl (C=O) groups is 2. The van der Waals surface area contributed by atoms with Crippen molar-refractivity contribution in [1.82, 2.24) is 0 Å². The minimum Gasteiger partial charge on any atom is -0.497 e. The summed E-state index contributed by atoms with van der Waals surface area (Å²) >= 11 is 0. The molecule has 4 aliphatic carbocycles. The number of rotatable bonds is 4. The van der Waals surface area contributed by atoms with Crippen molar-refractivity contribution in [2.75, 3.05) is 21.3 Å². The van der Waals surface area contributed by atoms with Crippen LogP contribution < -0.4 is 4.74 Å². The van der Waals surface area contributed by atoms with Crippen LogP contribution in [0.1, 0.15) is 24.8 Å². The van der Waals surface area contributed by atoms with Crippen LogP contribution >= 0.6 is 0 Å². The van der Waals surface area contributed by atoms with Gasteiger partial charge in [-0.2, -0.15) is 0 Å². The van der Waals surface area contributed by atoms with E-state index in [0.29, 0.717) is 23.0 Å². The van der Waals surface area contributed by atoms with Crippen molar-refractivity contribution in [3.8, 4) is 5.75 Å². The predicted octanol–water partition coefficient (Wildman–Crippen LogP) is 2.92. The highest BCUT2D eigenvalue weighted by atomic mass is 16.6. The van der Waals surface area contributed by atoms with Crippen LogP contribution in [-0.2, 0) is 23.8 Å². The number of carbonyl (C=O) groups excluding carboxylic acids is 2. The Labute approximate surface area is 174 Å². The Morgan fingerprint density at radius 3 is 1.93 bits per heavy atom. The van der Waals surface area contributed by atoms with Gasteiger partial charge in [-0.3, -0.25) is 0 Å². The van der Waals surface area contributed by atoms with Crippen molar-refractivity contribution in [3.63, 3.8) is 0 Å². The van der Waals surface area contributed by atoms with E-state index in [9.17, 15) is 9.59 Å². The molecule has 1 heterocycles. The summed E-state index contributed by atoms with van der Waals surface area (Å²) in [4.78, 5) is 25.8. The molecule has 6 heteroatoms.